The van der Waals surface area contributed by atoms with E-state index >= 15 is 0 Å². The Balaban J connectivity index is 1.51. The zero-order valence-corrected chi connectivity index (χ0v) is 18.7. The molecule has 0 bridgehead atoms. The summed E-state index contributed by atoms with van der Waals surface area (Å²) >= 11 is 1.84. The first-order valence-electron chi connectivity index (χ1n) is 10.3. The van der Waals surface area contributed by atoms with Gasteiger partial charge in [-0.2, -0.15) is 0 Å². The van der Waals surface area contributed by atoms with Gasteiger partial charge in [0.2, 0.25) is 0 Å². The SMILES string of the molecule is CN=C(NCC(C)CSc1ccccc1OC)N1CCC(C)C(n2ccnc2)C1. The normalized spacial score (nSPS) is 21.1. The van der Waals surface area contributed by atoms with Gasteiger partial charge in [-0.15, -0.1) is 11.8 Å². The maximum absolute atomic E-state index is 5.45. The van der Waals surface area contributed by atoms with Gasteiger partial charge in [-0.05, 0) is 30.4 Å². The number of likely N-dealkylation sites (tertiary alicyclic amines) is 1. The number of rotatable bonds is 7. The number of aliphatic imine (C=N–C) groups is 1. The van der Waals surface area contributed by atoms with Crippen molar-refractivity contribution in [3.63, 3.8) is 0 Å². The first kappa shape index (κ1) is 21.6. The third-order valence-corrected chi connectivity index (χ3v) is 6.92. The molecule has 1 aromatic heterocycles. The number of methoxy groups -OCH3 is 1. The summed E-state index contributed by atoms with van der Waals surface area (Å²) in [5, 5.41) is 3.59. The number of piperidine rings is 1. The molecule has 2 aromatic rings. The highest BCUT2D eigenvalue weighted by Crippen LogP contribution is 2.30. The van der Waals surface area contributed by atoms with Gasteiger partial charge in [0, 0.05) is 49.7 Å². The number of thioether (sulfide) groups is 1. The lowest BCUT2D eigenvalue weighted by Gasteiger charge is -2.39. The van der Waals surface area contributed by atoms with E-state index in [0.717, 1.165) is 43.5 Å². The second kappa shape index (κ2) is 10.6. The van der Waals surface area contributed by atoms with Crippen LogP contribution >= 0.6 is 11.8 Å². The summed E-state index contributed by atoms with van der Waals surface area (Å²) in [6.07, 6.45) is 7.01. The van der Waals surface area contributed by atoms with E-state index in [1.54, 1.807) is 7.11 Å². The zero-order chi connectivity index (χ0) is 20.6. The fraction of sp³-hybridized carbons (Fsp3) is 0.545. The van der Waals surface area contributed by atoms with Gasteiger partial charge in [0.15, 0.2) is 5.96 Å². The van der Waals surface area contributed by atoms with Crippen LogP contribution in [0.3, 0.4) is 0 Å². The Bertz CT molecular complexity index is 779. The van der Waals surface area contributed by atoms with Crippen LogP contribution in [0.1, 0.15) is 26.3 Å². The minimum absolute atomic E-state index is 0.434. The Kier molecular flexibility index (Phi) is 7.86. The molecule has 1 saturated heterocycles. The van der Waals surface area contributed by atoms with E-state index in [9.17, 15) is 0 Å². The first-order chi connectivity index (χ1) is 14.1. The van der Waals surface area contributed by atoms with E-state index in [4.69, 9.17) is 4.74 Å². The second-order valence-corrected chi connectivity index (χ2v) is 8.85. The Morgan fingerprint density at radius 2 is 2.24 bits per heavy atom. The van der Waals surface area contributed by atoms with E-state index in [-0.39, 0.29) is 0 Å². The number of benzene rings is 1. The van der Waals surface area contributed by atoms with Crippen molar-refractivity contribution in [2.24, 2.45) is 16.8 Å². The van der Waals surface area contributed by atoms with Gasteiger partial charge in [-0.3, -0.25) is 4.99 Å². The molecule has 0 radical (unpaired) electrons. The van der Waals surface area contributed by atoms with Crippen molar-refractivity contribution in [2.45, 2.75) is 31.2 Å². The molecule has 1 aliphatic rings. The molecule has 1 fully saturated rings. The van der Waals surface area contributed by atoms with Crippen molar-refractivity contribution >= 4 is 17.7 Å². The van der Waals surface area contributed by atoms with Crippen molar-refractivity contribution < 1.29 is 4.74 Å². The number of imidazole rings is 1. The molecule has 0 saturated carbocycles. The molecule has 1 aliphatic heterocycles. The van der Waals surface area contributed by atoms with Crippen LogP contribution in [0, 0.1) is 11.8 Å². The molecular weight excluding hydrogens is 382 g/mol. The first-order valence-corrected chi connectivity index (χ1v) is 11.3. The molecule has 2 heterocycles. The molecule has 0 amide bonds. The van der Waals surface area contributed by atoms with Crippen molar-refractivity contribution in [3.05, 3.63) is 43.0 Å². The molecule has 158 valence electrons. The van der Waals surface area contributed by atoms with Crippen LogP contribution in [-0.4, -0.2) is 60.0 Å². The molecule has 0 aliphatic carbocycles. The van der Waals surface area contributed by atoms with Crippen molar-refractivity contribution in [1.82, 2.24) is 19.8 Å². The monoisotopic (exact) mass is 415 g/mol. The zero-order valence-electron chi connectivity index (χ0n) is 17.9. The third kappa shape index (κ3) is 5.69. The number of aromatic nitrogens is 2. The van der Waals surface area contributed by atoms with Crippen molar-refractivity contribution in [3.8, 4) is 5.75 Å². The van der Waals surface area contributed by atoms with E-state index in [0.29, 0.717) is 17.9 Å². The fourth-order valence-electron chi connectivity index (χ4n) is 3.72. The topological polar surface area (TPSA) is 54.7 Å². The number of para-hydroxylation sites is 1. The van der Waals surface area contributed by atoms with Gasteiger partial charge in [-0.25, -0.2) is 4.98 Å². The number of guanidine groups is 1. The molecule has 0 spiro atoms. The van der Waals surface area contributed by atoms with Crippen LogP contribution in [0.15, 0.2) is 52.9 Å². The van der Waals surface area contributed by atoms with Crippen LogP contribution in [0.25, 0.3) is 0 Å². The minimum Gasteiger partial charge on any atom is -0.496 e. The maximum Gasteiger partial charge on any atom is 0.193 e. The Labute approximate surface area is 178 Å². The Morgan fingerprint density at radius 3 is 2.97 bits per heavy atom. The lowest BCUT2D eigenvalue weighted by molar-refractivity contribution is 0.188. The fourth-order valence-corrected chi connectivity index (χ4v) is 4.77. The molecule has 1 N–H and O–H groups in total. The summed E-state index contributed by atoms with van der Waals surface area (Å²) < 4.78 is 7.69. The largest absolute Gasteiger partial charge is 0.496 e. The van der Waals surface area contributed by atoms with Gasteiger partial charge in [0.25, 0.3) is 0 Å². The summed E-state index contributed by atoms with van der Waals surface area (Å²) in [4.78, 5) is 12.4. The number of hydrogen-bond acceptors (Lipinski definition) is 4. The highest BCUT2D eigenvalue weighted by Gasteiger charge is 2.28. The van der Waals surface area contributed by atoms with Crippen LogP contribution < -0.4 is 10.1 Å². The van der Waals surface area contributed by atoms with E-state index in [1.165, 1.54) is 4.90 Å². The van der Waals surface area contributed by atoms with Crippen LogP contribution in [0.4, 0.5) is 0 Å². The molecule has 1 aromatic carbocycles. The quantitative estimate of drug-likeness (QED) is 0.424. The van der Waals surface area contributed by atoms with Crippen molar-refractivity contribution in [1.29, 1.82) is 0 Å². The summed E-state index contributed by atoms with van der Waals surface area (Å²) in [6.45, 7) is 7.50. The van der Waals surface area contributed by atoms with E-state index in [1.807, 2.05) is 43.5 Å². The van der Waals surface area contributed by atoms with E-state index in [2.05, 4.69) is 56.9 Å². The third-order valence-electron chi connectivity index (χ3n) is 5.54. The molecular formula is C22H33N5OS. The molecule has 7 heteroatoms. The van der Waals surface area contributed by atoms with E-state index < -0.39 is 0 Å². The molecule has 3 rings (SSSR count). The smallest absolute Gasteiger partial charge is 0.193 e. The van der Waals surface area contributed by atoms with Gasteiger partial charge < -0.3 is 19.5 Å². The Morgan fingerprint density at radius 1 is 1.41 bits per heavy atom. The summed E-state index contributed by atoms with van der Waals surface area (Å²) in [5.41, 5.74) is 0. The average Bonchev–Trinajstić information content (AvgIpc) is 3.28. The van der Waals surface area contributed by atoms with Gasteiger partial charge >= 0.3 is 0 Å². The average molecular weight is 416 g/mol. The number of ether oxygens (including phenoxy) is 1. The van der Waals surface area contributed by atoms with Crippen LogP contribution in [0.5, 0.6) is 5.75 Å². The molecule has 3 unspecified atom stereocenters. The number of nitrogens with zero attached hydrogens (tertiary/aromatic N) is 4. The summed E-state index contributed by atoms with van der Waals surface area (Å²) in [7, 11) is 3.60. The number of hydrogen-bond donors (Lipinski definition) is 1. The molecule has 3 atom stereocenters. The van der Waals surface area contributed by atoms with Crippen LogP contribution in [0.2, 0.25) is 0 Å². The molecule has 6 nitrogen and oxygen atoms in total. The summed E-state index contributed by atoms with van der Waals surface area (Å²) in [5.74, 6) is 4.11. The highest BCUT2D eigenvalue weighted by atomic mass is 32.2. The highest BCUT2D eigenvalue weighted by molar-refractivity contribution is 7.99. The van der Waals surface area contributed by atoms with Gasteiger partial charge in [0.05, 0.1) is 19.5 Å². The lowest BCUT2D eigenvalue weighted by Crippen LogP contribution is -2.49. The number of nitrogens with one attached hydrogen (secondary N) is 1. The Hall–Kier alpha value is -2.15. The predicted octanol–water partition coefficient (Wildman–Crippen LogP) is 3.78. The van der Waals surface area contributed by atoms with Crippen molar-refractivity contribution in [2.75, 3.05) is 39.5 Å². The maximum atomic E-state index is 5.45. The van der Waals surface area contributed by atoms with Gasteiger partial charge in [-0.1, -0.05) is 26.0 Å². The minimum atomic E-state index is 0.434. The summed E-state index contributed by atoms with van der Waals surface area (Å²) in [6, 6.07) is 8.63. The predicted molar refractivity (Wildman–Crippen MR) is 121 cm³/mol. The standard InChI is InChI=1S/C22H33N5OS/c1-17(15-29-21-8-6-5-7-20(21)28-4)13-25-22(23-3)26-11-9-18(2)19(14-26)27-12-10-24-16-27/h5-8,10,12,16-19H,9,11,13-15H2,1-4H3,(H,23,25). The van der Waals surface area contributed by atoms with Gasteiger partial charge in [0.1, 0.15) is 5.75 Å². The lowest BCUT2D eigenvalue weighted by atomic mass is 9.93. The second-order valence-electron chi connectivity index (χ2n) is 7.78. The molecule has 29 heavy (non-hydrogen) atoms. The van der Waals surface area contributed by atoms with Crippen LogP contribution in [-0.2, 0) is 0 Å².